The molecule has 1 atom stereocenters. The Morgan fingerprint density at radius 2 is 2.00 bits per heavy atom. The number of amides is 2. The molecule has 134 valence electrons. The third kappa shape index (κ3) is 3.11. The van der Waals surface area contributed by atoms with Crippen molar-refractivity contribution in [3.63, 3.8) is 0 Å². The van der Waals surface area contributed by atoms with Crippen molar-refractivity contribution in [3.05, 3.63) is 29.3 Å². The molecule has 0 saturated carbocycles. The van der Waals surface area contributed by atoms with E-state index in [0.717, 1.165) is 36.1 Å². The summed E-state index contributed by atoms with van der Waals surface area (Å²) in [5.74, 6) is 0.271. The van der Waals surface area contributed by atoms with Crippen LogP contribution in [0.4, 0.5) is 10.5 Å². The first kappa shape index (κ1) is 16.4. The summed E-state index contributed by atoms with van der Waals surface area (Å²) in [4.78, 5) is 29.0. The fourth-order valence-corrected chi connectivity index (χ4v) is 3.98. The molecular weight excluding hydrogens is 320 g/mol. The highest BCUT2D eigenvalue weighted by Gasteiger charge is 2.38. The van der Waals surface area contributed by atoms with Crippen molar-refractivity contribution in [2.75, 3.05) is 31.3 Å². The quantitative estimate of drug-likeness (QED) is 0.785. The molecular formula is C19H24N2O4. The Morgan fingerprint density at radius 1 is 1.20 bits per heavy atom. The van der Waals surface area contributed by atoms with E-state index in [1.807, 2.05) is 30.0 Å². The second kappa shape index (κ2) is 6.67. The summed E-state index contributed by atoms with van der Waals surface area (Å²) < 4.78 is 10.7. The van der Waals surface area contributed by atoms with E-state index in [1.165, 1.54) is 0 Å². The van der Waals surface area contributed by atoms with Crippen LogP contribution in [0.2, 0.25) is 0 Å². The Hall–Kier alpha value is -2.08. The maximum atomic E-state index is 13.0. The van der Waals surface area contributed by atoms with Gasteiger partial charge in [-0.1, -0.05) is 12.1 Å². The van der Waals surface area contributed by atoms with Crippen LogP contribution in [0.15, 0.2) is 18.2 Å². The third-order valence-corrected chi connectivity index (χ3v) is 5.44. The lowest BCUT2D eigenvalue weighted by Gasteiger charge is -2.35. The molecule has 3 heterocycles. The van der Waals surface area contributed by atoms with Crippen LogP contribution in [0, 0.1) is 12.8 Å². The molecule has 0 aromatic heterocycles. The molecule has 1 aromatic carbocycles. The summed E-state index contributed by atoms with van der Waals surface area (Å²) in [7, 11) is 0. The molecule has 0 spiro atoms. The van der Waals surface area contributed by atoms with Crippen LogP contribution < -0.4 is 4.90 Å². The molecule has 0 N–H and O–H groups in total. The first-order chi connectivity index (χ1) is 12.1. The van der Waals surface area contributed by atoms with Crippen molar-refractivity contribution in [2.24, 2.45) is 5.92 Å². The number of hydrogen-bond acceptors (Lipinski definition) is 4. The average Bonchev–Trinajstić information content (AvgIpc) is 2.98. The number of rotatable bonds is 1. The van der Waals surface area contributed by atoms with Crippen LogP contribution in [0.25, 0.3) is 0 Å². The van der Waals surface area contributed by atoms with Crippen molar-refractivity contribution < 1.29 is 19.1 Å². The van der Waals surface area contributed by atoms with Gasteiger partial charge >= 0.3 is 6.09 Å². The molecule has 6 heteroatoms. The lowest BCUT2D eigenvalue weighted by molar-refractivity contribution is -0.139. The molecule has 0 unspecified atom stereocenters. The predicted octanol–water partition coefficient (Wildman–Crippen LogP) is 2.48. The molecule has 1 aromatic rings. The van der Waals surface area contributed by atoms with Crippen molar-refractivity contribution in [2.45, 2.75) is 38.8 Å². The first-order valence-corrected chi connectivity index (χ1v) is 9.05. The molecule has 6 nitrogen and oxygen atoms in total. The second-order valence-corrected chi connectivity index (χ2v) is 7.17. The molecule has 4 rings (SSSR count). The van der Waals surface area contributed by atoms with Gasteiger partial charge in [0.05, 0.1) is 11.7 Å². The van der Waals surface area contributed by atoms with Crippen LogP contribution in [0.5, 0.6) is 0 Å². The van der Waals surface area contributed by atoms with Gasteiger partial charge in [0.2, 0.25) is 5.91 Å². The van der Waals surface area contributed by atoms with Crippen molar-refractivity contribution in [1.29, 1.82) is 0 Å². The molecule has 25 heavy (non-hydrogen) atoms. The normalized spacial score (nSPS) is 24.2. The second-order valence-electron chi connectivity index (χ2n) is 7.17. The van der Waals surface area contributed by atoms with E-state index in [-0.39, 0.29) is 24.0 Å². The summed E-state index contributed by atoms with van der Waals surface area (Å²) >= 11 is 0. The SMILES string of the molecule is Cc1ccc2c(c1)N1C(=O)OC[C@@H]1CCN(C(=O)C1CCOCC1)C2. The first-order valence-electron chi connectivity index (χ1n) is 9.05. The standard InChI is InChI=1S/C19H24N2O4/c1-13-2-3-15-11-20(18(22)14-5-8-24-9-6-14)7-4-16-12-25-19(23)21(16)17(15)10-13/h2-3,10,14,16H,4-9,11-12H2,1H3/t16-/m0/s1. The van der Waals surface area contributed by atoms with Gasteiger partial charge in [-0.2, -0.15) is 0 Å². The molecule has 3 aliphatic heterocycles. The molecule has 0 bridgehead atoms. The molecule has 2 fully saturated rings. The molecule has 2 amide bonds. The minimum atomic E-state index is -0.277. The number of anilines is 1. The lowest BCUT2D eigenvalue weighted by Crippen LogP contribution is -2.44. The van der Waals surface area contributed by atoms with Gasteiger partial charge in [-0.3, -0.25) is 9.69 Å². The largest absolute Gasteiger partial charge is 0.447 e. The Kier molecular flexibility index (Phi) is 4.37. The summed E-state index contributed by atoms with van der Waals surface area (Å²) in [6.45, 7) is 4.94. The highest BCUT2D eigenvalue weighted by Crippen LogP contribution is 2.33. The fraction of sp³-hybridized carbons (Fsp3) is 0.579. The number of nitrogens with zero attached hydrogens (tertiary/aromatic N) is 2. The summed E-state index contributed by atoms with van der Waals surface area (Å²) in [5, 5.41) is 0. The molecule has 3 aliphatic rings. The smallest absolute Gasteiger partial charge is 0.414 e. The van der Waals surface area contributed by atoms with Crippen LogP contribution >= 0.6 is 0 Å². The molecule has 2 saturated heterocycles. The predicted molar refractivity (Wildman–Crippen MR) is 92.4 cm³/mol. The number of aryl methyl sites for hydroxylation is 1. The lowest BCUT2D eigenvalue weighted by atomic mass is 9.97. The molecule has 0 radical (unpaired) electrons. The van der Waals surface area contributed by atoms with Crippen LogP contribution in [-0.4, -0.2) is 49.3 Å². The maximum Gasteiger partial charge on any atom is 0.414 e. The fourth-order valence-electron chi connectivity index (χ4n) is 3.98. The highest BCUT2D eigenvalue weighted by atomic mass is 16.6. The Bertz CT molecular complexity index is 684. The van der Waals surface area contributed by atoms with Crippen molar-refractivity contribution in [1.82, 2.24) is 4.90 Å². The Balaban J connectivity index is 1.64. The van der Waals surface area contributed by atoms with Crippen molar-refractivity contribution in [3.8, 4) is 0 Å². The van der Waals surface area contributed by atoms with Crippen LogP contribution in [0.3, 0.4) is 0 Å². The van der Waals surface area contributed by atoms with Gasteiger partial charge in [0, 0.05) is 32.2 Å². The monoisotopic (exact) mass is 344 g/mol. The number of benzene rings is 1. The van der Waals surface area contributed by atoms with Gasteiger partial charge in [0.1, 0.15) is 6.61 Å². The van der Waals surface area contributed by atoms with Crippen LogP contribution in [0.1, 0.15) is 30.4 Å². The number of carbonyl (C=O) groups is 2. The maximum absolute atomic E-state index is 13.0. The van der Waals surface area contributed by atoms with Crippen molar-refractivity contribution >= 4 is 17.7 Å². The summed E-state index contributed by atoms with van der Waals surface area (Å²) in [5.41, 5.74) is 2.99. The number of cyclic esters (lactones) is 1. The van der Waals surface area contributed by atoms with E-state index in [1.54, 1.807) is 4.90 Å². The van der Waals surface area contributed by atoms with Gasteiger partial charge in [-0.25, -0.2) is 4.79 Å². The minimum Gasteiger partial charge on any atom is -0.447 e. The third-order valence-electron chi connectivity index (χ3n) is 5.44. The average molecular weight is 344 g/mol. The van der Waals surface area contributed by atoms with Gasteiger partial charge in [0.15, 0.2) is 0 Å². The minimum absolute atomic E-state index is 0.00154. The number of ether oxygens (including phenoxy) is 2. The van der Waals surface area contributed by atoms with E-state index in [2.05, 4.69) is 0 Å². The molecule has 0 aliphatic carbocycles. The number of hydrogen-bond donors (Lipinski definition) is 0. The number of fused-ring (bicyclic) bond motifs is 3. The zero-order valence-corrected chi connectivity index (χ0v) is 14.6. The van der Waals surface area contributed by atoms with E-state index in [9.17, 15) is 9.59 Å². The highest BCUT2D eigenvalue weighted by molar-refractivity contribution is 5.91. The van der Waals surface area contributed by atoms with E-state index in [4.69, 9.17) is 9.47 Å². The summed E-state index contributed by atoms with van der Waals surface area (Å²) in [6.07, 6.45) is 2.07. The van der Waals surface area contributed by atoms with E-state index < -0.39 is 0 Å². The topological polar surface area (TPSA) is 59.1 Å². The van der Waals surface area contributed by atoms with E-state index >= 15 is 0 Å². The van der Waals surface area contributed by atoms with Crippen LogP contribution in [-0.2, 0) is 20.8 Å². The van der Waals surface area contributed by atoms with Gasteiger partial charge in [-0.15, -0.1) is 0 Å². The zero-order chi connectivity index (χ0) is 17.4. The number of carbonyl (C=O) groups excluding carboxylic acids is 2. The van der Waals surface area contributed by atoms with E-state index in [0.29, 0.717) is 32.9 Å². The van der Waals surface area contributed by atoms with Gasteiger partial charge in [-0.05, 0) is 43.4 Å². The summed E-state index contributed by atoms with van der Waals surface area (Å²) in [6, 6.07) is 6.09. The zero-order valence-electron chi connectivity index (χ0n) is 14.6. The Labute approximate surface area is 147 Å². The van der Waals surface area contributed by atoms with Gasteiger partial charge < -0.3 is 14.4 Å². The Morgan fingerprint density at radius 3 is 2.80 bits per heavy atom. The van der Waals surface area contributed by atoms with Gasteiger partial charge in [0.25, 0.3) is 0 Å².